The smallest absolute Gasteiger partial charge is 0.343 e. The van der Waals surface area contributed by atoms with Gasteiger partial charge in [-0.3, -0.25) is 0 Å². The van der Waals surface area contributed by atoms with E-state index in [0.717, 1.165) is 18.7 Å². The predicted octanol–water partition coefficient (Wildman–Crippen LogP) is 1.50. The van der Waals surface area contributed by atoms with E-state index in [1.54, 1.807) is 0 Å². The molecule has 5 nitrogen and oxygen atoms in total. The van der Waals surface area contributed by atoms with Crippen molar-refractivity contribution in [1.82, 2.24) is 9.97 Å². The number of carbonyl (C=O) groups is 1. The van der Waals surface area contributed by atoms with Gasteiger partial charge in [-0.05, 0) is 12.8 Å². The molecule has 0 aliphatic heterocycles. The van der Waals surface area contributed by atoms with Gasteiger partial charge in [0.05, 0.1) is 7.11 Å². The maximum absolute atomic E-state index is 11.3. The summed E-state index contributed by atoms with van der Waals surface area (Å²) in [5, 5.41) is 0. The van der Waals surface area contributed by atoms with Crippen LogP contribution >= 0.6 is 0 Å². The molecule has 0 atom stereocenters. The lowest BCUT2D eigenvalue weighted by Gasteiger charge is -2.09. The van der Waals surface area contributed by atoms with Crippen LogP contribution in [-0.4, -0.2) is 23.0 Å². The normalized spacial score (nSPS) is 16.3. The Morgan fingerprint density at radius 2 is 2.19 bits per heavy atom. The van der Waals surface area contributed by atoms with Crippen molar-refractivity contribution in [3.63, 3.8) is 0 Å². The van der Waals surface area contributed by atoms with Crippen LogP contribution in [0, 0.1) is 0 Å². The van der Waals surface area contributed by atoms with E-state index < -0.39 is 5.97 Å². The van der Waals surface area contributed by atoms with Gasteiger partial charge in [0, 0.05) is 12.1 Å². The molecule has 2 rings (SSSR count). The van der Waals surface area contributed by atoms with Crippen molar-refractivity contribution in [2.24, 2.45) is 0 Å². The number of ether oxygens (including phenoxy) is 1. The number of anilines is 1. The molecule has 0 saturated heterocycles. The lowest BCUT2D eigenvalue weighted by Crippen LogP contribution is -2.11. The summed E-state index contributed by atoms with van der Waals surface area (Å²) in [6.07, 6.45) is 6.11. The number of nitrogens with zero attached hydrogens (tertiary/aromatic N) is 2. The van der Waals surface area contributed by atoms with Crippen LogP contribution in [0.3, 0.4) is 0 Å². The molecule has 0 amide bonds. The summed E-state index contributed by atoms with van der Waals surface area (Å²) in [4.78, 5) is 19.7. The van der Waals surface area contributed by atoms with Gasteiger partial charge >= 0.3 is 5.97 Å². The van der Waals surface area contributed by atoms with E-state index in [9.17, 15) is 4.79 Å². The monoisotopic (exact) mass is 221 g/mol. The first-order valence-electron chi connectivity index (χ1n) is 5.43. The Kier molecular flexibility index (Phi) is 3.03. The van der Waals surface area contributed by atoms with Gasteiger partial charge in [0.15, 0.2) is 0 Å². The number of hydrogen-bond acceptors (Lipinski definition) is 5. The fourth-order valence-electron chi connectivity index (χ4n) is 2.06. The highest BCUT2D eigenvalue weighted by atomic mass is 16.5. The van der Waals surface area contributed by atoms with Gasteiger partial charge in [-0.1, -0.05) is 12.8 Å². The van der Waals surface area contributed by atoms with Crippen LogP contribution in [-0.2, 0) is 4.74 Å². The minimum absolute atomic E-state index is 0.212. The van der Waals surface area contributed by atoms with Gasteiger partial charge in [-0.25, -0.2) is 14.8 Å². The van der Waals surface area contributed by atoms with Crippen LogP contribution < -0.4 is 5.73 Å². The molecule has 86 valence electrons. The second-order valence-corrected chi connectivity index (χ2v) is 4.00. The molecule has 1 heterocycles. The van der Waals surface area contributed by atoms with Gasteiger partial charge in [0.2, 0.25) is 0 Å². The van der Waals surface area contributed by atoms with Crippen LogP contribution in [0.2, 0.25) is 0 Å². The van der Waals surface area contributed by atoms with Gasteiger partial charge in [0.25, 0.3) is 0 Å². The standard InChI is InChI=1S/C11H15N3O2/c1-16-11(15)8-6-13-10(14-9(8)12)7-4-2-3-5-7/h6-7H,2-5H2,1H3,(H2,12,13,14). The Balaban J connectivity index is 2.25. The third-order valence-corrected chi connectivity index (χ3v) is 2.96. The highest BCUT2D eigenvalue weighted by Crippen LogP contribution is 2.32. The van der Waals surface area contributed by atoms with E-state index in [2.05, 4.69) is 14.7 Å². The first-order chi connectivity index (χ1) is 7.72. The number of hydrogen-bond donors (Lipinski definition) is 1. The molecule has 0 spiro atoms. The first-order valence-corrected chi connectivity index (χ1v) is 5.43. The Morgan fingerprint density at radius 1 is 1.50 bits per heavy atom. The topological polar surface area (TPSA) is 78.1 Å². The molecule has 0 bridgehead atoms. The number of nitrogen functional groups attached to an aromatic ring is 1. The highest BCUT2D eigenvalue weighted by Gasteiger charge is 2.21. The predicted molar refractivity (Wildman–Crippen MR) is 59.0 cm³/mol. The summed E-state index contributed by atoms with van der Waals surface area (Å²) < 4.78 is 4.58. The first kappa shape index (κ1) is 10.9. The molecule has 1 aromatic rings. The van der Waals surface area contributed by atoms with E-state index in [0.29, 0.717) is 5.92 Å². The van der Waals surface area contributed by atoms with Crippen LogP contribution in [0.5, 0.6) is 0 Å². The Bertz CT molecular complexity index is 400. The average Bonchev–Trinajstić information content (AvgIpc) is 2.81. The van der Waals surface area contributed by atoms with Crippen molar-refractivity contribution in [2.75, 3.05) is 12.8 Å². The highest BCUT2D eigenvalue weighted by molar-refractivity contribution is 5.93. The van der Waals surface area contributed by atoms with Crippen molar-refractivity contribution in [3.8, 4) is 0 Å². The van der Waals surface area contributed by atoms with Gasteiger partial charge in [0.1, 0.15) is 17.2 Å². The zero-order chi connectivity index (χ0) is 11.5. The molecule has 0 aromatic carbocycles. The lowest BCUT2D eigenvalue weighted by atomic mass is 10.1. The summed E-state index contributed by atoms with van der Waals surface area (Å²) in [5.74, 6) is 0.871. The molecule has 1 aliphatic carbocycles. The zero-order valence-corrected chi connectivity index (χ0v) is 9.27. The molecule has 5 heteroatoms. The number of methoxy groups -OCH3 is 1. The Labute approximate surface area is 94.0 Å². The maximum atomic E-state index is 11.3. The number of aromatic nitrogens is 2. The van der Waals surface area contributed by atoms with Crippen LogP contribution in [0.4, 0.5) is 5.82 Å². The molecule has 1 aromatic heterocycles. The summed E-state index contributed by atoms with van der Waals surface area (Å²) in [6.45, 7) is 0. The molecule has 2 N–H and O–H groups in total. The molecule has 1 aliphatic rings. The van der Waals surface area contributed by atoms with Crippen molar-refractivity contribution in [2.45, 2.75) is 31.6 Å². The lowest BCUT2D eigenvalue weighted by molar-refractivity contribution is 0.0601. The molecule has 1 fully saturated rings. The minimum atomic E-state index is -0.490. The fourth-order valence-corrected chi connectivity index (χ4v) is 2.06. The average molecular weight is 221 g/mol. The SMILES string of the molecule is COC(=O)c1cnc(C2CCCC2)nc1N. The number of rotatable bonds is 2. The van der Waals surface area contributed by atoms with E-state index >= 15 is 0 Å². The largest absolute Gasteiger partial charge is 0.465 e. The molecule has 0 unspecified atom stereocenters. The zero-order valence-electron chi connectivity index (χ0n) is 9.27. The molecule has 16 heavy (non-hydrogen) atoms. The number of carbonyl (C=O) groups excluding carboxylic acids is 1. The third-order valence-electron chi connectivity index (χ3n) is 2.96. The van der Waals surface area contributed by atoms with Gasteiger partial charge in [-0.15, -0.1) is 0 Å². The molecular formula is C11H15N3O2. The van der Waals surface area contributed by atoms with Gasteiger partial charge < -0.3 is 10.5 Å². The van der Waals surface area contributed by atoms with E-state index in [1.807, 2.05) is 0 Å². The number of esters is 1. The fraction of sp³-hybridized carbons (Fsp3) is 0.545. The summed E-state index contributed by atoms with van der Waals surface area (Å²) in [5.41, 5.74) is 5.95. The summed E-state index contributed by atoms with van der Waals surface area (Å²) >= 11 is 0. The maximum Gasteiger partial charge on any atom is 0.343 e. The van der Waals surface area contributed by atoms with Crippen molar-refractivity contribution < 1.29 is 9.53 Å². The second-order valence-electron chi connectivity index (χ2n) is 4.00. The Hall–Kier alpha value is -1.65. The van der Waals surface area contributed by atoms with Gasteiger partial charge in [-0.2, -0.15) is 0 Å². The molecule has 0 radical (unpaired) electrons. The Morgan fingerprint density at radius 3 is 2.75 bits per heavy atom. The molecular weight excluding hydrogens is 206 g/mol. The van der Waals surface area contributed by atoms with Crippen molar-refractivity contribution >= 4 is 11.8 Å². The van der Waals surface area contributed by atoms with E-state index in [1.165, 1.54) is 26.1 Å². The quantitative estimate of drug-likeness (QED) is 0.766. The molecule has 1 saturated carbocycles. The summed E-state index contributed by atoms with van der Waals surface area (Å²) in [6, 6.07) is 0. The number of nitrogens with two attached hydrogens (primary N) is 1. The van der Waals surface area contributed by atoms with Crippen LogP contribution in [0.25, 0.3) is 0 Å². The minimum Gasteiger partial charge on any atom is -0.465 e. The van der Waals surface area contributed by atoms with Crippen LogP contribution in [0.1, 0.15) is 47.8 Å². The summed E-state index contributed by atoms with van der Waals surface area (Å²) in [7, 11) is 1.31. The van der Waals surface area contributed by atoms with Crippen molar-refractivity contribution in [3.05, 3.63) is 17.6 Å². The third kappa shape index (κ3) is 1.98. The second kappa shape index (κ2) is 4.47. The van der Waals surface area contributed by atoms with E-state index in [-0.39, 0.29) is 11.4 Å². The van der Waals surface area contributed by atoms with Crippen LogP contribution in [0.15, 0.2) is 6.20 Å². The van der Waals surface area contributed by atoms with Crippen molar-refractivity contribution in [1.29, 1.82) is 0 Å². The van der Waals surface area contributed by atoms with E-state index in [4.69, 9.17) is 5.73 Å².